The number of ether oxygens (including phenoxy) is 1. The van der Waals surface area contributed by atoms with E-state index in [1.807, 2.05) is 0 Å². The molecule has 1 fully saturated rings. The van der Waals surface area contributed by atoms with Gasteiger partial charge >= 0.3 is 6.18 Å². The average Bonchev–Trinajstić information content (AvgIpc) is 3.48. The normalized spacial score (nSPS) is 18.1. The number of hydrogen-bond acceptors (Lipinski definition) is 6. The van der Waals surface area contributed by atoms with Crippen LogP contribution in [0.4, 0.5) is 22.0 Å². The second kappa shape index (κ2) is 10.6. The van der Waals surface area contributed by atoms with Gasteiger partial charge in [-0.15, -0.1) is 0 Å². The predicted octanol–water partition coefficient (Wildman–Crippen LogP) is 4.88. The number of aliphatic hydroxyl groups excluding tert-OH is 1. The molecule has 3 aromatic rings. The minimum Gasteiger partial charge on any atom is -0.493 e. The van der Waals surface area contributed by atoms with E-state index >= 15 is 0 Å². The summed E-state index contributed by atoms with van der Waals surface area (Å²) < 4.78 is 78.7. The number of guanidine groups is 1. The summed E-state index contributed by atoms with van der Waals surface area (Å²) in [7, 11) is 0. The summed E-state index contributed by atoms with van der Waals surface area (Å²) in [6, 6.07) is 8.51. The van der Waals surface area contributed by atoms with Crippen LogP contribution in [0.3, 0.4) is 0 Å². The van der Waals surface area contributed by atoms with E-state index in [9.17, 15) is 27.1 Å². The van der Waals surface area contributed by atoms with Crippen molar-refractivity contribution in [1.29, 1.82) is 5.41 Å². The van der Waals surface area contributed by atoms with E-state index < -0.39 is 29.8 Å². The maximum Gasteiger partial charge on any atom is 0.419 e. The Hall–Kier alpha value is -3.74. The number of benzene rings is 2. The van der Waals surface area contributed by atoms with Crippen molar-refractivity contribution in [2.75, 3.05) is 13.2 Å². The van der Waals surface area contributed by atoms with E-state index in [1.165, 1.54) is 29.2 Å². The van der Waals surface area contributed by atoms with Crippen LogP contribution in [-0.2, 0) is 18.5 Å². The highest BCUT2D eigenvalue weighted by Crippen LogP contribution is 2.39. The number of aryl methyl sites for hydroxylation is 1. The van der Waals surface area contributed by atoms with Crippen LogP contribution in [0.5, 0.6) is 5.75 Å². The molecule has 0 saturated carbocycles. The van der Waals surface area contributed by atoms with E-state index in [1.54, 1.807) is 12.1 Å². The summed E-state index contributed by atoms with van der Waals surface area (Å²) in [6.07, 6.45) is -4.51. The molecule has 0 unspecified atom stereocenters. The number of alkyl halides is 5. The smallest absolute Gasteiger partial charge is 0.419 e. The lowest BCUT2D eigenvalue weighted by molar-refractivity contribution is -0.138. The molecule has 0 spiro atoms. The van der Waals surface area contributed by atoms with Gasteiger partial charge in [0.05, 0.1) is 18.3 Å². The molecule has 4 N–H and O–H groups in total. The van der Waals surface area contributed by atoms with Gasteiger partial charge in [-0.3, -0.25) is 5.41 Å². The molecule has 1 aliphatic heterocycles. The number of likely N-dealkylation sites (tertiary alicyclic amines) is 1. The molecule has 204 valence electrons. The van der Waals surface area contributed by atoms with Gasteiger partial charge in [-0.05, 0) is 36.6 Å². The third-order valence-electron chi connectivity index (χ3n) is 6.19. The van der Waals surface area contributed by atoms with Crippen LogP contribution >= 0.6 is 0 Å². The van der Waals surface area contributed by atoms with Gasteiger partial charge in [0.1, 0.15) is 11.8 Å². The van der Waals surface area contributed by atoms with Gasteiger partial charge in [-0.2, -0.15) is 18.2 Å². The number of nitrogens with two attached hydrogens (primary N) is 1. The third-order valence-corrected chi connectivity index (χ3v) is 6.19. The van der Waals surface area contributed by atoms with E-state index in [0.717, 1.165) is 18.6 Å². The Morgan fingerprint density at radius 3 is 2.53 bits per heavy atom. The van der Waals surface area contributed by atoms with Gasteiger partial charge in [0.2, 0.25) is 11.7 Å². The van der Waals surface area contributed by atoms with Crippen molar-refractivity contribution in [2.24, 2.45) is 5.73 Å². The molecular formula is C25H26F5N5O3. The first-order chi connectivity index (χ1) is 17.8. The first-order valence-corrected chi connectivity index (χ1v) is 11.8. The Bertz CT molecular complexity index is 1270. The Balaban J connectivity index is 1.44. The van der Waals surface area contributed by atoms with Gasteiger partial charge < -0.3 is 25.0 Å². The molecule has 0 aliphatic carbocycles. The van der Waals surface area contributed by atoms with Crippen molar-refractivity contribution in [3.05, 3.63) is 65.0 Å². The molecule has 4 rings (SSSR count). The number of aromatic nitrogens is 2. The summed E-state index contributed by atoms with van der Waals surface area (Å²) >= 11 is 0. The lowest BCUT2D eigenvalue weighted by Crippen LogP contribution is -2.36. The molecule has 2 heterocycles. The minimum atomic E-state index is -4.72. The summed E-state index contributed by atoms with van der Waals surface area (Å²) in [4.78, 5) is 5.54. The summed E-state index contributed by atoms with van der Waals surface area (Å²) in [5, 5.41) is 21.3. The summed E-state index contributed by atoms with van der Waals surface area (Å²) in [5.74, 6) is -3.68. The minimum absolute atomic E-state index is 0.0225. The van der Waals surface area contributed by atoms with Gasteiger partial charge in [0.25, 0.3) is 5.92 Å². The zero-order valence-corrected chi connectivity index (χ0v) is 20.3. The fraction of sp³-hybridized carbons (Fsp3) is 0.400. The first-order valence-electron chi connectivity index (χ1n) is 11.8. The van der Waals surface area contributed by atoms with Crippen LogP contribution in [-0.4, -0.2) is 45.4 Å². The zero-order valence-electron chi connectivity index (χ0n) is 20.3. The number of hydrogen-bond donors (Lipinski definition) is 3. The van der Waals surface area contributed by atoms with E-state index in [0.29, 0.717) is 12.8 Å². The second-order valence-corrected chi connectivity index (χ2v) is 9.15. The van der Waals surface area contributed by atoms with Crippen LogP contribution in [0.15, 0.2) is 47.0 Å². The Kier molecular flexibility index (Phi) is 7.58. The third kappa shape index (κ3) is 6.21. The molecule has 1 aromatic heterocycles. The quantitative estimate of drug-likeness (QED) is 0.161. The highest BCUT2D eigenvalue weighted by Gasteiger charge is 2.38. The van der Waals surface area contributed by atoms with Gasteiger partial charge in [0.15, 0.2) is 5.96 Å². The Labute approximate surface area is 214 Å². The number of β-amino-alcohol motifs (C(OH)–C–C–N with tert-alkyl or cyclic N) is 1. The maximum absolute atomic E-state index is 13.8. The number of aliphatic hydroxyl groups is 1. The molecule has 38 heavy (non-hydrogen) atoms. The Morgan fingerprint density at radius 1 is 1.18 bits per heavy atom. The average molecular weight is 540 g/mol. The molecule has 0 amide bonds. The van der Waals surface area contributed by atoms with Crippen LogP contribution in [0, 0.1) is 5.41 Å². The standard InChI is InChI=1S/C25H26F5N5O3/c1-24(26,27)16-7-4-14(5-8-16)3-2-10-37-20-9-6-15(11-18(20)25(28,29)30)21-33-22(38-34-21)19-12-17(36)13-35(19)23(31)32/h4-9,11,17,19,36H,2-3,10,12-13H2,1H3,(H3,31,32)/t17-,19+/m1/s1. The van der Waals surface area contributed by atoms with Crippen molar-refractivity contribution < 1.29 is 36.3 Å². The second-order valence-electron chi connectivity index (χ2n) is 9.15. The molecule has 0 radical (unpaired) electrons. The number of nitrogens with one attached hydrogen (secondary N) is 1. The summed E-state index contributed by atoms with van der Waals surface area (Å²) in [6.45, 7) is 0.882. The predicted molar refractivity (Wildman–Crippen MR) is 127 cm³/mol. The number of rotatable bonds is 8. The van der Waals surface area contributed by atoms with E-state index in [-0.39, 0.29) is 54.1 Å². The van der Waals surface area contributed by atoms with Gasteiger partial charge in [-0.25, -0.2) is 8.78 Å². The molecule has 1 aliphatic rings. The molecular weight excluding hydrogens is 513 g/mol. The highest BCUT2D eigenvalue weighted by molar-refractivity contribution is 5.75. The summed E-state index contributed by atoms with van der Waals surface area (Å²) in [5.41, 5.74) is 5.21. The van der Waals surface area contributed by atoms with E-state index in [4.69, 9.17) is 20.4 Å². The van der Waals surface area contributed by atoms with Gasteiger partial charge in [-0.1, -0.05) is 29.4 Å². The van der Waals surface area contributed by atoms with Crippen molar-refractivity contribution in [2.45, 2.75) is 50.4 Å². The molecule has 2 atom stereocenters. The van der Waals surface area contributed by atoms with Crippen molar-refractivity contribution in [1.82, 2.24) is 15.0 Å². The fourth-order valence-electron chi connectivity index (χ4n) is 4.24. The molecule has 0 bridgehead atoms. The monoisotopic (exact) mass is 539 g/mol. The molecule has 1 saturated heterocycles. The number of halogens is 5. The first kappa shape index (κ1) is 27.3. The molecule has 8 nitrogen and oxygen atoms in total. The van der Waals surface area contributed by atoms with Crippen molar-refractivity contribution in [3.63, 3.8) is 0 Å². The van der Waals surface area contributed by atoms with Crippen molar-refractivity contribution in [3.8, 4) is 17.1 Å². The fourth-order valence-corrected chi connectivity index (χ4v) is 4.24. The maximum atomic E-state index is 13.8. The SMILES string of the molecule is CC(F)(F)c1ccc(CCCOc2ccc(-c3noc([C@@H]4C[C@@H](O)CN4C(=N)N)n3)cc2C(F)(F)F)cc1. The Morgan fingerprint density at radius 2 is 1.89 bits per heavy atom. The lowest BCUT2D eigenvalue weighted by atomic mass is 10.0. The largest absolute Gasteiger partial charge is 0.493 e. The molecule has 2 aromatic carbocycles. The van der Waals surface area contributed by atoms with E-state index in [2.05, 4.69) is 10.1 Å². The lowest BCUT2D eigenvalue weighted by Gasteiger charge is -2.20. The molecule has 13 heteroatoms. The highest BCUT2D eigenvalue weighted by atomic mass is 19.4. The van der Waals surface area contributed by atoms with Crippen LogP contribution in [0.1, 0.15) is 48.4 Å². The zero-order chi connectivity index (χ0) is 27.7. The topological polar surface area (TPSA) is 121 Å². The van der Waals surface area contributed by atoms with Gasteiger partial charge in [0, 0.05) is 31.0 Å². The van der Waals surface area contributed by atoms with Crippen LogP contribution < -0.4 is 10.5 Å². The van der Waals surface area contributed by atoms with Crippen molar-refractivity contribution >= 4 is 5.96 Å². The number of nitrogens with zero attached hydrogens (tertiary/aromatic N) is 3. The van der Waals surface area contributed by atoms with Crippen LogP contribution in [0.2, 0.25) is 0 Å². The van der Waals surface area contributed by atoms with Crippen LogP contribution in [0.25, 0.3) is 11.4 Å².